The zero-order valence-electron chi connectivity index (χ0n) is 14.7. The number of rotatable bonds is 4. The Balaban J connectivity index is 1.94. The Morgan fingerprint density at radius 3 is 2.85 bits per heavy atom. The maximum atomic E-state index is 14.8. The first-order chi connectivity index (χ1) is 13.0. The Labute approximate surface area is 158 Å². The van der Waals surface area contributed by atoms with Crippen molar-refractivity contribution < 1.29 is 18.3 Å². The second-order valence-electron chi connectivity index (χ2n) is 6.64. The molecule has 6 nitrogen and oxygen atoms in total. The number of pyridine rings is 1. The zero-order valence-corrected chi connectivity index (χ0v) is 15.5. The normalized spacial score (nSPS) is 21.3. The zero-order chi connectivity index (χ0) is 19.3. The summed E-state index contributed by atoms with van der Waals surface area (Å²) in [6, 6.07) is 2.65. The Morgan fingerprint density at radius 1 is 1.44 bits per heavy atom. The van der Waals surface area contributed by atoms with E-state index in [2.05, 4.69) is 0 Å². The number of benzene rings is 1. The summed E-state index contributed by atoms with van der Waals surface area (Å²) in [5, 5.41) is -0.148. The molecule has 2 aromatic rings. The van der Waals surface area contributed by atoms with Crippen molar-refractivity contribution in [2.45, 2.75) is 29.8 Å². The molecule has 2 aliphatic rings. The number of halogens is 2. The van der Waals surface area contributed by atoms with Gasteiger partial charge in [0.15, 0.2) is 0 Å². The quantitative estimate of drug-likeness (QED) is 0.802. The summed E-state index contributed by atoms with van der Waals surface area (Å²) in [7, 11) is 0. The molecule has 27 heavy (non-hydrogen) atoms. The van der Waals surface area contributed by atoms with E-state index in [1.807, 2.05) is 4.90 Å². The Morgan fingerprint density at radius 2 is 2.22 bits per heavy atom. The van der Waals surface area contributed by atoms with Gasteiger partial charge in [-0.15, -0.1) is 0 Å². The molecule has 2 N–H and O–H groups in total. The van der Waals surface area contributed by atoms with Gasteiger partial charge in [0.25, 0.3) is 0 Å². The van der Waals surface area contributed by atoms with Crippen molar-refractivity contribution in [2.75, 3.05) is 31.3 Å². The molecule has 3 heterocycles. The Bertz CT molecular complexity index is 994. The lowest BCUT2D eigenvalue weighted by Crippen LogP contribution is -2.31. The Kier molecular flexibility index (Phi) is 4.59. The monoisotopic (exact) mass is 395 g/mol. The standard InChI is InChI=1S/C18H19F2N3O3S/c1-2-26-18(25)15-16(24)10-5-11(20)13(22-4-3-9(21)8-22)6-12(10)23-14(7-19)27-17(15)23/h5-6,9,14H,2-4,7-8,21H2,1H3/t9-,14+/m0/s1. The molecular formula is C18H19F2N3O3S. The number of hydrogen-bond donors (Lipinski definition) is 1. The predicted molar refractivity (Wildman–Crippen MR) is 99.8 cm³/mol. The lowest BCUT2D eigenvalue weighted by Gasteiger charge is -2.34. The van der Waals surface area contributed by atoms with E-state index < -0.39 is 29.3 Å². The molecule has 144 valence electrons. The van der Waals surface area contributed by atoms with E-state index in [9.17, 15) is 18.4 Å². The molecular weight excluding hydrogens is 376 g/mol. The van der Waals surface area contributed by atoms with E-state index in [0.29, 0.717) is 29.3 Å². The van der Waals surface area contributed by atoms with Gasteiger partial charge in [-0.1, -0.05) is 11.8 Å². The van der Waals surface area contributed by atoms with Crippen molar-refractivity contribution in [1.82, 2.24) is 4.57 Å². The number of ether oxygens (including phenoxy) is 1. The number of thioether (sulfide) groups is 1. The van der Waals surface area contributed by atoms with Gasteiger partial charge in [0.2, 0.25) is 5.43 Å². The van der Waals surface area contributed by atoms with Gasteiger partial charge in [-0.05, 0) is 25.5 Å². The van der Waals surface area contributed by atoms with E-state index in [1.165, 1.54) is 0 Å². The summed E-state index contributed by atoms with van der Waals surface area (Å²) in [4.78, 5) is 26.9. The molecule has 1 aromatic carbocycles. The van der Waals surface area contributed by atoms with Crippen molar-refractivity contribution in [3.63, 3.8) is 0 Å². The SMILES string of the molecule is CCOC(=O)c1c2n(c3cc(N4CC[C@H](N)C4)c(F)cc3c1=O)[C@@H](CF)S2. The van der Waals surface area contributed by atoms with Crippen LogP contribution < -0.4 is 16.1 Å². The molecule has 2 atom stereocenters. The third-order valence-corrected chi connectivity index (χ3v) is 6.17. The largest absolute Gasteiger partial charge is 0.462 e. The van der Waals surface area contributed by atoms with E-state index in [-0.39, 0.29) is 23.6 Å². The maximum absolute atomic E-state index is 14.8. The minimum absolute atomic E-state index is 0.0360. The first-order valence-electron chi connectivity index (χ1n) is 8.78. The van der Waals surface area contributed by atoms with Gasteiger partial charge in [-0.25, -0.2) is 13.6 Å². The number of nitrogens with two attached hydrogens (primary N) is 1. The van der Waals surface area contributed by atoms with Crippen LogP contribution >= 0.6 is 11.8 Å². The predicted octanol–water partition coefficient (Wildman–Crippen LogP) is 2.43. The topological polar surface area (TPSA) is 77.6 Å². The Hall–Kier alpha value is -2.13. The smallest absolute Gasteiger partial charge is 0.344 e. The second kappa shape index (κ2) is 6.79. The van der Waals surface area contributed by atoms with Crippen LogP contribution in [-0.2, 0) is 4.74 Å². The summed E-state index contributed by atoms with van der Waals surface area (Å²) in [6.07, 6.45) is 0.750. The summed E-state index contributed by atoms with van der Waals surface area (Å²) < 4.78 is 34.7. The third-order valence-electron chi connectivity index (χ3n) is 4.94. The minimum Gasteiger partial charge on any atom is -0.462 e. The number of carbonyl (C=O) groups excluding carboxylic acids is 1. The van der Waals surface area contributed by atoms with Gasteiger partial charge in [0.05, 0.1) is 22.8 Å². The average Bonchev–Trinajstić information content (AvgIpc) is 3.04. The van der Waals surface area contributed by atoms with Crippen LogP contribution in [0.15, 0.2) is 22.0 Å². The van der Waals surface area contributed by atoms with Gasteiger partial charge >= 0.3 is 5.97 Å². The summed E-state index contributed by atoms with van der Waals surface area (Å²) >= 11 is 1.11. The fourth-order valence-electron chi connectivity index (χ4n) is 3.66. The highest BCUT2D eigenvalue weighted by Crippen LogP contribution is 2.47. The molecule has 4 rings (SSSR count). The lowest BCUT2D eigenvalue weighted by molar-refractivity contribution is 0.0518. The summed E-state index contributed by atoms with van der Waals surface area (Å²) in [5.41, 5.74) is 5.92. The van der Waals surface area contributed by atoms with Crippen molar-refractivity contribution in [2.24, 2.45) is 5.73 Å². The number of anilines is 1. The number of hydrogen-bond acceptors (Lipinski definition) is 6. The molecule has 0 amide bonds. The van der Waals surface area contributed by atoms with Crippen LogP contribution in [0.25, 0.3) is 10.9 Å². The van der Waals surface area contributed by atoms with Gasteiger partial charge in [-0.3, -0.25) is 4.79 Å². The van der Waals surface area contributed by atoms with Crippen molar-refractivity contribution >= 4 is 34.3 Å². The fourth-order valence-corrected chi connectivity index (χ4v) is 4.78. The van der Waals surface area contributed by atoms with Gasteiger partial charge < -0.3 is 19.9 Å². The highest BCUT2D eigenvalue weighted by molar-refractivity contribution is 8.00. The number of alkyl halides is 1. The molecule has 1 saturated heterocycles. The first kappa shape index (κ1) is 18.2. The summed E-state index contributed by atoms with van der Waals surface area (Å²) in [5.74, 6) is -1.33. The van der Waals surface area contributed by atoms with Crippen molar-refractivity contribution in [3.05, 3.63) is 33.7 Å². The second-order valence-corrected chi connectivity index (χ2v) is 7.81. The summed E-state index contributed by atoms with van der Waals surface area (Å²) in [6.45, 7) is 2.20. The molecule has 0 saturated carbocycles. The van der Waals surface area contributed by atoms with Crippen LogP contribution in [-0.4, -0.2) is 42.9 Å². The van der Waals surface area contributed by atoms with Crippen molar-refractivity contribution in [1.29, 1.82) is 0 Å². The molecule has 9 heteroatoms. The highest BCUT2D eigenvalue weighted by Gasteiger charge is 2.36. The van der Waals surface area contributed by atoms with Gasteiger partial charge in [0, 0.05) is 24.5 Å². The van der Waals surface area contributed by atoms with Gasteiger partial charge in [-0.2, -0.15) is 0 Å². The van der Waals surface area contributed by atoms with Crippen LogP contribution in [0.2, 0.25) is 0 Å². The average molecular weight is 395 g/mol. The van der Waals surface area contributed by atoms with E-state index in [4.69, 9.17) is 10.5 Å². The van der Waals surface area contributed by atoms with Crippen LogP contribution in [0.5, 0.6) is 0 Å². The minimum atomic E-state index is -0.770. The molecule has 0 unspecified atom stereocenters. The van der Waals surface area contributed by atoms with Crippen LogP contribution in [0.4, 0.5) is 14.5 Å². The number of carbonyl (C=O) groups is 1. The number of esters is 1. The van der Waals surface area contributed by atoms with Crippen LogP contribution in [0.1, 0.15) is 29.1 Å². The van der Waals surface area contributed by atoms with Crippen LogP contribution in [0.3, 0.4) is 0 Å². The van der Waals surface area contributed by atoms with Crippen molar-refractivity contribution in [3.8, 4) is 0 Å². The molecule has 0 bridgehead atoms. The molecule has 1 fully saturated rings. The van der Waals surface area contributed by atoms with Gasteiger partial charge in [0.1, 0.15) is 23.4 Å². The van der Waals surface area contributed by atoms with Crippen LogP contribution in [0, 0.1) is 5.82 Å². The number of fused-ring (bicyclic) bond motifs is 3. The molecule has 0 aliphatic carbocycles. The van der Waals surface area contributed by atoms with E-state index in [0.717, 1.165) is 24.2 Å². The molecule has 1 aromatic heterocycles. The number of aromatic nitrogens is 1. The molecule has 0 spiro atoms. The lowest BCUT2D eigenvalue weighted by atomic mass is 10.1. The number of nitrogens with zero attached hydrogens (tertiary/aromatic N) is 2. The maximum Gasteiger partial charge on any atom is 0.344 e. The molecule has 0 radical (unpaired) electrons. The van der Waals surface area contributed by atoms with E-state index >= 15 is 0 Å². The highest BCUT2D eigenvalue weighted by atomic mass is 32.2. The molecule has 2 aliphatic heterocycles. The fraction of sp³-hybridized carbons (Fsp3) is 0.444. The van der Waals surface area contributed by atoms with E-state index in [1.54, 1.807) is 17.6 Å². The first-order valence-corrected chi connectivity index (χ1v) is 9.66. The third kappa shape index (κ3) is 2.80.